The van der Waals surface area contributed by atoms with Crippen LogP contribution in [0.3, 0.4) is 0 Å². The molecule has 0 fully saturated rings. The third-order valence-electron chi connectivity index (χ3n) is 3.38. The van der Waals surface area contributed by atoms with Crippen molar-refractivity contribution >= 4 is 35.3 Å². The smallest absolute Gasteiger partial charge is 0.416 e. The van der Waals surface area contributed by atoms with Crippen LogP contribution in [0, 0.1) is 5.41 Å². The summed E-state index contributed by atoms with van der Waals surface area (Å²) in [5, 5.41) is 17.0. The third kappa shape index (κ3) is 7.11. The number of aldehydes is 1. The number of nitrogens with zero attached hydrogens (tertiary/aromatic N) is 1. The molecule has 156 valence electrons. The van der Waals surface area contributed by atoms with Gasteiger partial charge in [-0.05, 0) is 31.2 Å². The maximum Gasteiger partial charge on any atom is 0.416 e. The first-order chi connectivity index (χ1) is 13.4. The van der Waals surface area contributed by atoms with Gasteiger partial charge in [0.25, 0.3) is 0 Å². The van der Waals surface area contributed by atoms with E-state index in [1.165, 1.54) is 25.1 Å². The molecule has 0 unspecified atom stereocenters. The molecule has 0 amide bonds. The van der Waals surface area contributed by atoms with Gasteiger partial charge in [-0.15, -0.1) is 0 Å². The van der Waals surface area contributed by atoms with Crippen LogP contribution in [0.5, 0.6) is 0 Å². The minimum atomic E-state index is -4.69. The van der Waals surface area contributed by atoms with E-state index in [4.69, 9.17) is 21.7 Å². The van der Waals surface area contributed by atoms with E-state index in [0.717, 1.165) is 12.1 Å². The van der Waals surface area contributed by atoms with Gasteiger partial charge in [0, 0.05) is 29.4 Å². The summed E-state index contributed by atoms with van der Waals surface area (Å²) in [5.74, 6) is -1.53. The first kappa shape index (κ1) is 24.0. The Morgan fingerprint density at radius 3 is 2.52 bits per heavy atom. The second-order valence-electron chi connectivity index (χ2n) is 5.90. The quantitative estimate of drug-likeness (QED) is 0.160. The number of rotatable bonds is 8. The summed E-state index contributed by atoms with van der Waals surface area (Å²) >= 11 is 6.03. The highest BCUT2D eigenvalue weighted by molar-refractivity contribution is 6.33. The highest BCUT2D eigenvalue weighted by Gasteiger charge is 2.32. The third-order valence-corrected chi connectivity index (χ3v) is 3.71. The molecule has 0 aromatic heterocycles. The number of carboxylic acid groups (broad SMARTS) is 1. The van der Waals surface area contributed by atoms with Crippen molar-refractivity contribution in [2.24, 2.45) is 0 Å². The summed E-state index contributed by atoms with van der Waals surface area (Å²) in [4.78, 5) is 23.8. The van der Waals surface area contributed by atoms with E-state index >= 15 is 0 Å². The van der Waals surface area contributed by atoms with E-state index < -0.39 is 23.3 Å². The van der Waals surface area contributed by atoms with Gasteiger partial charge in [0.15, 0.2) is 0 Å². The maximum absolute atomic E-state index is 13.1. The Bertz CT molecular complexity index is 892. The molecule has 0 radical (unpaired) electrons. The number of halogens is 4. The molecule has 0 atom stereocenters. The number of carbonyl (C=O) groups is 2. The Labute approximate surface area is 170 Å². The second kappa shape index (κ2) is 9.92. The normalized spacial score (nSPS) is 12.3. The van der Waals surface area contributed by atoms with Gasteiger partial charge in [0.2, 0.25) is 5.90 Å². The van der Waals surface area contributed by atoms with E-state index in [0.29, 0.717) is 12.1 Å². The van der Waals surface area contributed by atoms with Crippen LogP contribution in [0.4, 0.5) is 13.2 Å². The van der Waals surface area contributed by atoms with Crippen molar-refractivity contribution in [2.45, 2.75) is 13.1 Å². The Kier molecular flexibility index (Phi) is 8.20. The van der Waals surface area contributed by atoms with Gasteiger partial charge in [-0.3, -0.25) is 10.2 Å². The lowest BCUT2D eigenvalue weighted by atomic mass is 9.96. The number of alkyl halides is 3. The molecule has 0 saturated heterocycles. The molecule has 0 bridgehead atoms. The van der Waals surface area contributed by atoms with Crippen LogP contribution in [0.2, 0.25) is 5.02 Å². The van der Waals surface area contributed by atoms with Gasteiger partial charge in [-0.25, -0.2) is 4.79 Å². The van der Waals surface area contributed by atoms with E-state index in [1.54, 1.807) is 0 Å². The fraction of sp³-hybridized carbons (Fsp3) is 0.211. The molecule has 1 aromatic rings. The van der Waals surface area contributed by atoms with Crippen molar-refractivity contribution in [3.05, 3.63) is 64.5 Å². The Balaban J connectivity index is 3.57. The van der Waals surface area contributed by atoms with Crippen molar-refractivity contribution in [3.8, 4) is 0 Å². The molecule has 0 saturated carbocycles. The number of allylic oxidation sites excluding steroid dienone is 2. The van der Waals surface area contributed by atoms with Crippen molar-refractivity contribution in [1.82, 2.24) is 4.90 Å². The Hall–Kier alpha value is -3.07. The van der Waals surface area contributed by atoms with Gasteiger partial charge in [-0.2, -0.15) is 13.2 Å². The minimum absolute atomic E-state index is 0.149. The van der Waals surface area contributed by atoms with Crippen molar-refractivity contribution in [2.75, 3.05) is 13.6 Å². The zero-order valence-electron chi connectivity index (χ0n) is 15.5. The van der Waals surface area contributed by atoms with Crippen molar-refractivity contribution in [3.63, 3.8) is 0 Å². The van der Waals surface area contributed by atoms with E-state index in [9.17, 15) is 27.9 Å². The number of carboxylic acids is 1. The van der Waals surface area contributed by atoms with Gasteiger partial charge in [0.05, 0.1) is 23.4 Å². The number of benzene rings is 1. The minimum Gasteiger partial charge on any atom is -0.478 e. The zero-order valence-corrected chi connectivity index (χ0v) is 16.3. The number of aliphatic carboxylic acids is 1. The lowest BCUT2D eigenvalue weighted by molar-refractivity contribution is -0.137. The highest BCUT2D eigenvalue weighted by atomic mass is 35.5. The topological polar surface area (TPSA) is 90.7 Å². The van der Waals surface area contributed by atoms with Gasteiger partial charge in [-0.1, -0.05) is 18.2 Å². The summed E-state index contributed by atoms with van der Waals surface area (Å²) < 4.78 is 44.3. The molecule has 1 aromatic carbocycles. The summed E-state index contributed by atoms with van der Waals surface area (Å²) in [5.41, 5.74) is -2.09. The van der Waals surface area contributed by atoms with Gasteiger partial charge >= 0.3 is 12.1 Å². The summed E-state index contributed by atoms with van der Waals surface area (Å²) in [6.07, 6.45) is -2.62. The molecule has 2 N–H and O–H groups in total. The monoisotopic (exact) mass is 430 g/mol. The average Bonchev–Trinajstić information content (AvgIpc) is 2.56. The largest absolute Gasteiger partial charge is 0.478 e. The fourth-order valence-electron chi connectivity index (χ4n) is 2.27. The second-order valence-corrected chi connectivity index (χ2v) is 6.31. The van der Waals surface area contributed by atoms with Crippen LogP contribution < -0.4 is 0 Å². The van der Waals surface area contributed by atoms with E-state index in [1.807, 2.05) is 0 Å². The zero-order chi connectivity index (χ0) is 22.4. The van der Waals surface area contributed by atoms with Crippen LogP contribution in [0.15, 0.2) is 48.4 Å². The molecule has 0 aliphatic carbocycles. The molecule has 29 heavy (non-hydrogen) atoms. The van der Waals surface area contributed by atoms with Crippen LogP contribution in [-0.2, 0) is 20.5 Å². The molecule has 0 aliphatic heterocycles. The molecular weight excluding hydrogens is 413 g/mol. The number of nitrogens with one attached hydrogen (secondary N) is 1. The SMILES string of the molecule is C=C(C)OC(=N)CN(C)/C=C(\C(=C/C=O)C(=O)O)c1cc(C(F)(F)F)ccc1Cl. The highest BCUT2D eigenvalue weighted by Crippen LogP contribution is 2.36. The number of ether oxygens (including phenoxy) is 1. The summed E-state index contributed by atoms with van der Waals surface area (Å²) in [6, 6.07) is 2.44. The number of hydrogen-bond acceptors (Lipinski definition) is 5. The molecule has 0 spiro atoms. The summed E-state index contributed by atoms with van der Waals surface area (Å²) in [6.45, 7) is 4.85. The standard InChI is InChI=1S/C19H18ClF3N2O4/c1-11(2)29-17(24)10-25(3)9-15(13(6-7-26)18(27)28)14-8-12(19(21,22)23)4-5-16(14)20/h4-9,24H,1,10H2,2-3H3,(H,27,28)/b13-6+,15-9+,24-17?. The van der Waals surface area contributed by atoms with E-state index in [2.05, 4.69) is 6.58 Å². The molecule has 0 aliphatic rings. The number of carbonyl (C=O) groups excluding carboxylic acids is 1. The van der Waals surface area contributed by atoms with Crippen LogP contribution in [0.25, 0.3) is 5.57 Å². The van der Waals surface area contributed by atoms with Gasteiger partial charge < -0.3 is 14.7 Å². The molecular formula is C19H18ClF3N2O4. The van der Waals surface area contributed by atoms with Gasteiger partial charge in [0.1, 0.15) is 6.29 Å². The molecule has 10 heteroatoms. The number of likely N-dealkylation sites (N-methyl/N-ethyl adjacent to an activating group) is 1. The van der Waals surface area contributed by atoms with Crippen molar-refractivity contribution < 1.29 is 32.6 Å². The van der Waals surface area contributed by atoms with Crippen LogP contribution >= 0.6 is 11.6 Å². The first-order valence-electron chi connectivity index (χ1n) is 7.96. The van der Waals surface area contributed by atoms with Crippen LogP contribution in [0.1, 0.15) is 18.1 Å². The molecule has 1 rings (SSSR count). The molecule has 0 heterocycles. The predicted molar refractivity (Wildman–Crippen MR) is 102 cm³/mol. The first-order valence-corrected chi connectivity index (χ1v) is 8.33. The Morgan fingerprint density at radius 1 is 1.41 bits per heavy atom. The fourth-order valence-corrected chi connectivity index (χ4v) is 2.49. The average molecular weight is 431 g/mol. The lowest BCUT2D eigenvalue weighted by Gasteiger charge is -2.19. The number of hydrogen-bond donors (Lipinski definition) is 2. The van der Waals surface area contributed by atoms with Crippen LogP contribution in [-0.4, -0.2) is 41.8 Å². The lowest BCUT2D eigenvalue weighted by Crippen LogP contribution is -2.23. The summed E-state index contributed by atoms with van der Waals surface area (Å²) in [7, 11) is 1.44. The maximum atomic E-state index is 13.1. The predicted octanol–water partition coefficient (Wildman–Crippen LogP) is 4.37. The van der Waals surface area contributed by atoms with Crippen molar-refractivity contribution in [1.29, 1.82) is 5.41 Å². The van der Waals surface area contributed by atoms with E-state index in [-0.39, 0.29) is 40.6 Å². The Morgan fingerprint density at radius 2 is 2.03 bits per heavy atom. The molecule has 6 nitrogen and oxygen atoms in total.